The Morgan fingerprint density at radius 2 is 1.88 bits per heavy atom. The Morgan fingerprint density at radius 1 is 1.20 bits per heavy atom. The van der Waals surface area contributed by atoms with E-state index < -0.39 is 0 Å². The van der Waals surface area contributed by atoms with Crippen molar-refractivity contribution in [1.82, 2.24) is 15.2 Å². The zero-order valence-electron chi connectivity index (χ0n) is 15.4. The summed E-state index contributed by atoms with van der Waals surface area (Å²) in [4.78, 5) is 28.1. The summed E-state index contributed by atoms with van der Waals surface area (Å²) in [6, 6.07) is 0.566. The summed E-state index contributed by atoms with van der Waals surface area (Å²) in [5.41, 5.74) is 3.42. The minimum absolute atomic E-state index is 0.0381. The van der Waals surface area contributed by atoms with Crippen LogP contribution in [0, 0.1) is 0 Å². The van der Waals surface area contributed by atoms with Crippen LogP contribution in [0.15, 0.2) is 5.10 Å². The molecule has 3 rings (SSSR count). The predicted molar refractivity (Wildman–Crippen MR) is 95.2 cm³/mol. The number of ether oxygens (including phenoxy) is 1. The van der Waals surface area contributed by atoms with Crippen molar-refractivity contribution in [2.24, 2.45) is 5.10 Å². The van der Waals surface area contributed by atoms with Gasteiger partial charge >= 0.3 is 0 Å². The highest BCUT2D eigenvalue weighted by Crippen LogP contribution is 2.22. The minimum atomic E-state index is -0.0381. The van der Waals surface area contributed by atoms with Crippen molar-refractivity contribution >= 4 is 17.5 Å². The summed E-state index contributed by atoms with van der Waals surface area (Å²) in [6.45, 7) is 7.94. The summed E-state index contributed by atoms with van der Waals surface area (Å²) in [7, 11) is 0. The van der Waals surface area contributed by atoms with Gasteiger partial charge in [0.15, 0.2) is 0 Å². The van der Waals surface area contributed by atoms with Crippen LogP contribution in [0.1, 0.15) is 52.4 Å². The van der Waals surface area contributed by atoms with Crippen LogP contribution in [0.2, 0.25) is 0 Å². The molecule has 7 heteroatoms. The molecule has 0 radical (unpaired) electrons. The van der Waals surface area contributed by atoms with Crippen LogP contribution in [0.3, 0.4) is 0 Å². The maximum Gasteiger partial charge on any atom is 0.240 e. The number of nitrogens with zero attached hydrogens (tertiary/aromatic N) is 3. The lowest BCUT2D eigenvalue weighted by molar-refractivity contribution is -0.133. The van der Waals surface area contributed by atoms with Gasteiger partial charge in [0.2, 0.25) is 11.8 Å². The maximum absolute atomic E-state index is 12.4. The smallest absolute Gasteiger partial charge is 0.240 e. The second-order valence-electron chi connectivity index (χ2n) is 7.54. The molecule has 0 aromatic rings. The van der Waals surface area contributed by atoms with Crippen LogP contribution in [0.5, 0.6) is 0 Å². The van der Waals surface area contributed by atoms with Gasteiger partial charge < -0.3 is 9.64 Å². The molecule has 140 valence electrons. The third-order valence-electron chi connectivity index (χ3n) is 5.39. The summed E-state index contributed by atoms with van der Waals surface area (Å²) >= 11 is 0. The summed E-state index contributed by atoms with van der Waals surface area (Å²) < 4.78 is 5.82. The first-order chi connectivity index (χ1) is 12.0. The zero-order valence-corrected chi connectivity index (χ0v) is 15.4. The van der Waals surface area contributed by atoms with Gasteiger partial charge in [0.05, 0.1) is 12.2 Å². The van der Waals surface area contributed by atoms with Crippen molar-refractivity contribution in [3.63, 3.8) is 0 Å². The Labute approximate surface area is 149 Å². The lowest BCUT2D eigenvalue weighted by Crippen LogP contribution is -2.53. The number of hydrogen-bond acceptors (Lipinski definition) is 5. The fraction of sp³-hybridized carbons (Fsp3) is 0.833. The molecule has 0 aliphatic carbocycles. The summed E-state index contributed by atoms with van der Waals surface area (Å²) in [5.74, 6) is 0.172. The standard InChI is InChI=1S/C18H30N4O3/c1-13-11-22(12-14(2)25-13)16-7-9-21(10-8-16)18(24)6-4-15-3-5-17(23)20-19-15/h13-14,16H,3-12H2,1-2H3,(H,20,23)/t13-,14+. The molecular weight excluding hydrogens is 320 g/mol. The lowest BCUT2D eigenvalue weighted by Gasteiger charge is -2.43. The number of morpholine rings is 1. The van der Waals surface area contributed by atoms with Crippen LogP contribution in [0.25, 0.3) is 0 Å². The highest BCUT2D eigenvalue weighted by atomic mass is 16.5. The van der Waals surface area contributed by atoms with E-state index in [0.717, 1.165) is 44.7 Å². The van der Waals surface area contributed by atoms with E-state index in [1.165, 1.54) is 0 Å². The number of piperidine rings is 1. The van der Waals surface area contributed by atoms with Gasteiger partial charge in [-0.05, 0) is 39.5 Å². The SMILES string of the molecule is C[C@@H]1CN(C2CCN(C(=O)CCC3=NNC(=O)CC3)CC2)C[C@H](C)O1. The van der Waals surface area contributed by atoms with Gasteiger partial charge in [0, 0.05) is 50.8 Å². The quantitative estimate of drug-likeness (QED) is 0.825. The van der Waals surface area contributed by atoms with Crippen molar-refractivity contribution in [2.75, 3.05) is 26.2 Å². The van der Waals surface area contributed by atoms with Crippen LogP contribution in [-0.2, 0) is 14.3 Å². The number of likely N-dealkylation sites (tertiary alicyclic amines) is 1. The Hall–Kier alpha value is -1.47. The Balaban J connectivity index is 1.41. The summed E-state index contributed by atoms with van der Waals surface area (Å²) in [5, 5.41) is 4.04. The Bertz CT molecular complexity index is 518. The van der Waals surface area contributed by atoms with E-state index >= 15 is 0 Å². The van der Waals surface area contributed by atoms with E-state index in [0.29, 0.717) is 43.9 Å². The predicted octanol–water partition coefficient (Wildman–Crippen LogP) is 1.13. The molecule has 1 N–H and O–H groups in total. The third-order valence-corrected chi connectivity index (χ3v) is 5.39. The summed E-state index contributed by atoms with van der Waals surface area (Å²) in [6.07, 6.45) is 4.97. The first kappa shape index (κ1) is 18.3. The molecule has 25 heavy (non-hydrogen) atoms. The third kappa shape index (κ3) is 5.01. The molecule has 2 fully saturated rings. The molecule has 0 bridgehead atoms. The molecule has 2 saturated heterocycles. The van der Waals surface area contributed by atoms with Gasteiger partial charge in [-0.25, -0.2) is 5.43 Å². The molecule has 0 spiro atoms. The van der Waals surface area contributed by atoms with E-state index in [1.54, 1.807) is 0 Å². The van der Waals surface area contributed by atoms with E-state index in [2.05, 4.69) is 29.3 Å². The highest BCUT2D eigenvalue weighted by Gasteiger charge is 2.31. The first-order valence-electron chi connectivity index (χ1n) is 9.53. The zero-order chi connectivity index (χ0) is 17.8. The molecule has 0 unspecified atom stereocenters. The van der Waals surface area contributed by atoms with Gasteiger partial charge in [-0.3, -0.25) is 14.5 Å². The number of hydrazone groups is 1. The molecular formula is C18H30N4O3. The van der Waals surface area contributed by atoms with E-state index in [-0.39, 0.29) is 11.8 Å². The topological polar surface area (TPSA) is 74.2 Å². The molecule has 2 amide bonds. The first-order valence-corrected chi connectivity index (χ1v) is 9.53. The Morgan fingerprint density at radius 3 is 2.48 bits per heavy atom. The number of nitrogens with one attached hydrogen (secondary N) is 1. The van der Waals surface area contributed by atoms with Crippen LogP contribution >= 0.6 is 0 Å². The lowest BCUT2D eigenvalue weighted by atomic mass is 10.0. The fourth-order valence-electron chi connectivity index (χ4n) is 4.10. The molecule has 0 saturated carbocycles. The normalized spacial score (nSPS) is 29.3. The van der Waals surface area contributed by atoms with Crippen LogP contribution in [-0.4, -0.2) is 71.8 Å². The van der Waals surface area contributed by atoms with Crippen molar-refractivity contribution in [3.05, 3.63) is 0 Å². The average Bonchev–Trinajstić information content (AvgIpc) is 2.60. The van der Waals surface area contributed by atoms with E-state index in [9.17, 15) is 9.59 Å². The minimum Gasteiger partial charge on any atom is -0.373 e. The Kier molecular flexibility index (Phi) is 6.06. The number of rotatable bonds is 4. The second kappa shape index (κ2) is 8.27. The van der Waals surface area contributed by atoms with Gasteiger partial charge in [-0.2, -0.15) is 5.10 Å². The van der Waals surface area contributed by atoms with Gasteiger partial charge in [-0.1, -0.05) is 0 Å². The van der Waals surface area contributed by atoms with Crippen LogP contribution in [0.4, 0.5) is 0 Å². The van der Waals surface area contributed by atoms with Crippen molar-refractivity contribution in [3.8, 4) is 0 Å². The van der Waals surface area contributed by atoms with Gasteiger partial charge in [-0.15, -0.1) is 0 Å². The molecule has 2 atom stereocenters. The maximum atomic E-state index is 12.4. The molecule has 0 aromatic heterocycles. The monoisotopic (exact) mass is 350 g/mol. The van der Waals surface area contributed by atoms with Crippen molar-refractivity contribution in [2.45, 2.75) is 70.6 Å². The van der Waals surface area contributed by atoms with Crippen LogP contribution < -0.4 is 5.43 Å². The number of carbonyl (C=O) groups excluding carboxylic acids is 2. The van der Waals surface area contributed by atoms with Gasteiger partial charge in [0.25, 0.3) is 0 Å². The van der Waals surface area contributed by atoms with Crippen molar-refractivity contribution < 1.29 is 14.3 Å². The largest absolute Gasteiger partial charge is 0.373 e. The molecule has 3 aliphatic heterocycles. The number of hydrogen-bond donors (Lipinski definition) is 1. The number of amides is 2. The average molecular weight is 350 g/mol. The molecule has 0 aromatic carbocycles. The molecule has 7 nitrogen and oxygen atoms in total. The number of carbonyl (C=O) groups is 2. The van der Waals surface area contributed by atoms with Crippen molar-refractivity contribution in [1.29, 1.82) is 0 Å². The van der Waals surface area contributed by atoms with E-state index in [4.69, 9.17) is 4.74 Å². The highest BCUT2D eigenvalue weighted by molar-refractivity contribution is 5.94. The molecule has 3 aliphatic rings. The molecule has 3 heterocycles. The second-order valence-corrected chi connectivity index (χ2v) is 7.54. The van der Waals surface area contributed by atoms with E-state index in [1.807, 2.05) is 4.90 Å². The van der Waals surface area contributed by atoms with Gasteiger partial charge in [0.1, 0.15) is 0 Å². The fourth-order valence-corrected chi connectivity index (χ4v) is 4.10.